The highest BCUT2D eigenvalue weighted by molar-refractivity contribution is 5.73. The van der Waals surface area contributed by atoms with E-state index >= 15 is 0 Å². The van der Waals surface area contributed by atoms with Gasteiger partial charge in [-0.2, -0.15) is 0 Å². The van der Waals surface area contributed by atoms with E-state index in [1.807, 2.05) is 4.90 Å². The van der Waals surface area contributed by atoms with Crippen LogP contribution in [-0.2, 0) is 4.79 Å². The second kappa shape index (κ2) is 7.14. The number of hydrogen-bond acceptors (Lipinski definition) is 3. The lowest BCUT2D eigenvalue weighted by Crippen LogP contribution is -2.43. The number of carbonyl (C=O) groups excluding carboxylic acids is 1. The molecule has 2 fully saturated rings. The van der Waals surface area contributed by atoms with Gasteiger partial charge in [-0.05, 0) is 31.6 Å². The SMILES string of the molecule is CC(=O)N1CCCN([C@@H]2CN([C@H]3C=CCCC3)C[C@H]2C)CC1. The van der Waals surface area contributed by atoms with Crippen LogP contribution in [0.15, 0.2) is 12.2 Å². The summed E-state index contributed by atoms with van der Waals surface area (Å²) < 4.78 is 0. The molecule has 0 aromatic heterocycles. The Balaban J connectivity index is 1.58. The second-order valence-electron chi connectivity index (χ2n) is 7.32. The van der Waals surface area contributed by atoms with Gasteiger partial charge in [-0.15, -0.1) is 0 Å². The first-order valence-electron chi connectivity index (χ1n) is 9.05. The maximum absolute atomic E-state index is 11.6. The molecule has 124 valence electrons. The molecule has 2 heterocycles. The van der Waals surface area contributed by atoms with E-state index in [1.54, 1.807) is 6.92 Å². The Bertz CT molecular complexity index is 423. The molecule has 2 saturated heterocycles. The highest BCUT2D eigenvalue weighted by Gasteiger charge is 2.36. The molecule has 0 aromatic carbocycles. The highest BCUT2D eigenvalue weighted by atomic mass is 16.2. The van der Waals surface area contributed by atoms with E-state index in [1.165, 1.54) is 32.4 Å². The number of nitrogens with zero attached hydrogens (tertiary/aromatic N) is 3. The number of carbonyl (C=O) groups is 1. The van der Waals surface area contributed by atoms with Crippen molar-refractivity contribution in [2.45, 2.75) is 51.6 Å². The van der Waals surface area contributed by atoms with Gasteiger partial charge in [0.1, 0.15) is 0 Å². The van der Waals surface area contributed by atoms with Gasteiger partial charge in [0.15, 0.2) is 0 Å². The van der Waals surface area contributed by atoms with Crippen LogP contribution in [0, 0.1) is 5.92 Å². The van der Waals surface area contributed by atoms with E-state index in [0.717, 1.165) is 38.5 Å². The van der Waals surface area contributed by atoms with Gasteiger partial charge in [0.2, 0.25) is 5.91 Å². The second-order valence-corrected chi connectivity index (χ2v) is 7.32. The topological polar surface area (TPSA) is 26.8 Å². The van der Waals surface area contributed by atoms with Gasteiger partial charge >= 0.3 is 0 Å². The molecule has 0 N–H and O–H groups in total. The van der Waals surface area contributed by atoms with Crippen LogP contribution >= 0.6 is 0 Å². The lowest BCUT2D eigenvalue weighted by molar-refractivity contribution is -0.128. The standard InChI is InChI=1S/C18H31N3O/c1-15-13-21(17-7-4-3-5-8-17)14-18(15)20-10-6-9-19(11-12-20)16(2)22/h4,7,15,17-18H,3,5-6,8-14H2,1-2H3/t15-,17+,18-/m1/s1. The predicted octanol–water partition coefficient (Wildman–Crippen LogP) is 1.97. The van der Waals surface area contributed by atoms with E-state index in [9.17, 15) is 4.79 Å². The summed E-state index contributed by atoms with van der Waals surface area (Å²) >= 11 is 0. The molecule has 2 aliphatic heterocycles. The first-order valence-corrected chi connectivity index (χ1v) is 9.05. The summed E-state index contributed by atoms with van der Waals surface area (Å²) in [5.41, 5.74) is 0. The van der Waals surface area contributed by atoms with Crippen molar-refractivity contribution in [3.63, 3.8) is 0 Å². The van der Waals surface area contributed by atoms with Crippen molar-refractivity contribution in [2.75, 3.05) is 39.3 Å². The molecule has 0 saturated carbocycles. The molecule has 22 heavy (non-hydrogen) atoms. The third-order valence-electron chi connectivity index (χ3n) is 5.74. The largest absolute Gasteiger partial charge is 0.342 e. The number of amides is 1. The van der Waals surface area contributed by atoms with Crippen molar-refractivity contribution in [2.24, 2.45) is 5.92 Å². The minimum absolute atomic E-state index is 0.232. The number of hydrogen-bond donors (Lipinski definition) is 0. The molecule has 0 radical (unpaired) electrons. The molecule has 0 unspecified atom stereocenters. The van der Waals surface area contributed by atoms with Crippen molar-refractivity contribution in [1.29, 1.82) is 0 Å². The summed E-state index contributed by atoms with van der Waals surface area (Å²) in [6.45, 7) is 10.6. The Hall–Kier alpha value is -0.870. The highest BCUT2D eigenvalue weighted by Crippen LogP contribution is 2.28. The smallest absolute Gasteiger partial charge is 0.219 e. The Kier molecular flexibility index (Phi) is 5.19. The van der Waals surface area contributed by atoms with Crippen LogP contribution in [0.4, 0.5) is 0 Å². The molecule has 4 nitrogen and oxygen atoms in total. The molecule has 0 bridgehead atoms. The molecule has 3 rings (SSSR count). The van der Waals surface area contributed by atoms with E-state index in [4.69, 9.17) is 0 Å². The van der Waals surface area contributed by atoms with Crippen LogP contribution in [0.1, 0.15) is 39.5 Å². The number of likely N-dealkylation sites (tertiary alicyclic amines) is 1. The Morgan fingerprint density at radius 2 is 1.91 bits per heavy atom. The van der Waals surface area contributed by atoms with Crippen molar-refractivity contribution >= 4 is 5.91 Å². The molecular weight excluding hydrogens is 274 g/mol. The van der Waals surface area contributed by atoms with Gasteiger partial charge in [-0.25, -0.2) is 0 Å². The Morgan fingerprint density at radius 1 is 1.05 bits per heavy atom. The number of allylic oxidation sites excluding steroid dienone is 1. The Morgan fingerprint density at radius 3 is 2.64 bits per heavy atom. The Labute approximate surface area is 135 Å². The van der Waals surface area contributed by atoms with Gasteiger partial charge in [-0.1, -0.05) is 19.1 Å². The average Bonchev–Trinajstić information content (AvgIpc) is 2.75. The van der Waals surface area contributed by atoms with Crippen molar-refractivity contribution in [1.82, 2.24) is 14.7 Å². The molecule has 3 atom stereocenters. The molecule has 1 aliphatic carbocycles. The molecular formula is C18H31N3O. The van der Waals surface area contributed by atoms with Crippen LogP contribution in [-0.4, -0.2) is 72.0 Å². The fraction of sp³-hybridized carbons (Fsp3) is 0.833. The lowest BCUT2D eigenvalue weighted by atomic mass is 10.0. The van der Waals surface area contributed by atoms with Gasteiger partial charge in [0.25, 0.3) is 0 Å². The monoisotopic (exact) mass is 305 g/mol. The summed E-state index contributed by atoms with van der Waals surface area (Å²) in [6.07, 6.45) is 9.84. The normalized spacial score (nSPS) is 34.8. The van der Waals surface area contributed by atoms with E-state index in [0.29, 0.717) is 12.1 Å². The summed E-state index contributed by atoms with van der Waals surface area (Å²) in [4.78, 5) is 19.0. The quantitative estimate of drug-likeness (QED) is 0.730. The first kappa shape index (κ1) is 16.0. The summed E-state index contributed by atoms with van der Waals surface area (Å²) in [7, 11) is 0. The molecule has 3 aliphatic rings. The van der Waals surface area contributed by atoms with E-state index in [2.05, 4.69) is 28.9 Å². The molecule has 4 heteroatoms. The van der Waals surface area contributed by atoms with Gasteiger partial charge < -0.3 is 4.90 Å². The maximum Gasteiger partial charge on any atom is 0.219 e. The maximum atomic E-state index is 11.6. The third kappa shape index (κ3) is 3.54. The minimum atomic E-state index is 0.232. The van der Waals surface area contributed by atoms with Gasteiger partial charge in [0.05, 0.1) is 0 Å². The summed E-state index contributed by atoms with van der Waals surface area (Å²) in [6, 6.07) is 1.34. The average molecular weight is 305 g/mol. The van der Waals surface area contributed by atoms with Crippen LogP contribution in [0.2, 0.25) is 0 Å². The third-order valence-corrected chi connectivity index (χ3v) is 5.74. The zero-order valence-corrected chi connectivity index (χ0v) is 14.2. The first-order chi connectivity index (χ1) is 10.6. The lowest BCUT2D eigenvalue weighted by Gasteiger charge is -2.31. The van der Waals surface area contributed by atoms with E-state index in [-0.39, 0.29) is 5.91 Å². The van der Waals surface area contributed by atoms with Crippen molar-refractivity contribution in [3.05, 3.63) is 12.2 Å². The van der Waals surface area contributed by atoms with Gasteiger partial charge in [0, 0.05) is 58.3 Å². The number of rotatable bonds is 2. The predicted molar refractivity (Wildman–Crippen MR) is 89.7 cm³/mol. The summed E-state index contributed by atoms with van der Waals surface area (Å²) in [5, 5.41) is 0. The zero-order chi connectivity index (χ0) is 15.5. The van der Waals surface area contributed by atoms with E-state index < -0.39 is 0 Å². The molecule has 0 spiro atoms. The molecule has 1 amide bonds. The van der Waals surface area contributed by atoms with Crippen LogP contribution in [0.5, 0.6) is 0 Å². The minimum Gasteiger partial charge on any atom is -0.342 e. The fourth-order valence-corrected chi connectivity index (χ4v) is 4.42. The fourth-order valence-electron chi connectivity index (χ4n) is 4.42. The van der Waals surface area contributed by atoms with Crippen molar-refractivity contribution < 1.29 is 4.79 Å². The van der Waals surface area contributed by atoms with Crippen LogP contribution in [0.25, 0.3) is 0 Å². The van der Waals surface area contributed by atoms with Crippen LogP contribution in [0.3, 0.4) is 0 Å². The van der Waals surface area contributed by atoms with Crippen molar-refractivity contribution in [3.8, 4) is 0 Å². The van der Waals surface area contributed by atoms with Crippen LogP contribution < -0.4 is 0 Å². The van der Waals surface area contributed by atoms with Gasteiger partial charge in [-0.3, -0.25) is 14.6 Å². The molecule has 0 aromatic rings. The summed E-state index contributed by atoms with van der Waals surface area (Å²) in [5.74, 6) is 0.967. The zero-order valence-electron chi connectivity index (χ0n) is 14.2.